The van der Waals surface area contributed by atoms with Crippen LogP contribution in [0.2, 0.25) is 0 Å². The zero-order valence-corrected chi connectivity index (χ0v) is 8.96. The van der Waals surface area contributed by atoms with Gasteiger partial charge in [-0.05, 0) is 18.4 Å². The van der Waals surface area contributed by atoms with E-state index >= 15 is 0 Å². The standard InChI is InChI=1S/C13H11N3/c1-10-14-9-16(15-10)13-8-4-6-11-5-2-3-7-12(11)13/h2-9H,1H3. The minimum absolute atomic E-state index is 0.785. The Morgan fingerprint density at radius 1 is 1.00 bits per heavy atom. The van der Waals surface area contributed by atoms with Gasteiger partial charge >= 0.3 is 0 Å². The van der Waals surface area contributed by atoms with Gasteiger partial charge < -0.3 is 0 Å². The van der Waals surface area contributed by atoms with Crippen molar-refractivity contribution in [3.63, 3.8) is 0 Å². The molecular weight excluding hydrogens is 198 g/mol. The summed E-state index contributed by atoms with van der Waals surface area (Å²) in [7, 11) is 0. The molecule has 0 N–H and O–H groups in total. The fraction of sp³-hybridized carbons (Fsp3) is 0.0769. The van der Waals surface area contributed by atoms with Crippen LogP contribution in [0.25, 0.3) is 16.5 Å². The lowest BCUT2D eigenvalue weighted by Crippen LogP contribution is -1.95. The van der Waals surface area contributed by atoms with E-state index in [0.29, 0.717) is 0 Å². The van der Waals surface area contributed by atoms with Gasteiger partial charge in [-0.2, -0.15) is 5.10 Å². The molecule has 0 aliphatic heterocycles. The molecule has 0 amide bonds. The molecule has 3 rings (SSSR count). The van der Waals surface area contributed by atoms with Gasteiger partial charge in [-0.1, -0.05) is 36.4 Å². The summed E-state index contributed by atoms with van der Waals surface area (Å²) >= 11 is 0. The Morgan fingerprint density at radius 2 is 1.81 bits per heavy atom. The van der Waals surface area contributed by atoms with Gasteiger partial charge in [0, 0.05) is 5.39 Å². The molecule has 0 aliphatic rings. The van der Waals surface area contributed by atoms with Crippen LogP contribution in [-0.4, -0.2) is 14.8 Å². The summed E-state index contributed by atoms with van der Waals surface area (Å²) in [4.78, 5) is 4.15. The molecule has 0 radical (unpaired) electrons. The van der Waals surface area contributed by atoms with Crippen molar-refractivity contribution in [2.24, 2.45) is 0 Å². The Balaban J connectivity index is 2.31. The lowest BCUT2D eigenvalue weighted by atomic mass is 10.1. The summed E-state index contributed by atoms with van der Waals surface area (Å²) in [6.45, 7) is 1.89. The minimum atomic E-state index is 0.785. The SMILES string of the molecule is Cc1ncn(-c2cccc3ccccc23)n1. The topological polar surface area (TPSA) is 30.7 Å². The molecule has 1 heterocycles. The van der Waals surface area contributed by atoms with Crippen molar-refractivity contribution in [3.8, 4) is 5.69 Å². The van der Waals surface area contributed by atoms with E-state index < -0.39 is 0 Å². The molecule has 0 aliphatic carbocycles. The first kappa shape index (κ1) is 9.09. The number of benzene rings is 2. The normalized spacial score (nSPS) is 10.8. The number of fused-ring (bicyclic) bond motifs is 1. The molecule has 78 valence electrons. The second-order valence-corrected chi connectivity index (χ2v) is 3.73. The Bertz CT molecular complexity index is 635. The van der Waals surface area contributed by atoms with Crippen LogP contribution in [0.1, 0.15) is 5.82 Å². The van der Waals surface area contributed by atoms with E-state index in [1.807, 2.05) is 29.8 Å². The van der Waals surface area contributed by atoms with Crippen LogP contribution in [-0.2, 0) is 0 Å². The molecule has 3 nitrogen and oxygen atoms in total. The van der Waals surface area contributed by atoms with Crippen molar-refractivity contribution in [1.29, 1.82) is 0 Å². The van der Waals surface area contributed by atoms with Crippen LogP contribution < -0.4 is 0 Å². The van der Waals surface area contributed by atoms with Crippen molar-refractivity contribution in [1.82, 2.24) is 14.8 Å². The van der Waals surface area contributed by atoms with E-state index in [4.69, 9.17) is 0 Å². The molecule has 3 aromatic rings. The molecule has 2 aromatic carbocycles. The van der Waals surface area contributed by atoms with Crippen LogP contribution in [0.15, 0.2) is 48.8 Å². The summed E-state index contributed by atoms with van der Waals surface area (Å²) in [5.41, 5.74) is 1.07. The van der Waals surface area contributed by atoms with Gasteiger partial charge in [-0.15, -0.1) is 0 Å². The van der Waals surface area contributed by atoms with E-state index in [1.165, 1.54) is 10.8 Å². The van der Waals surface area contributed by atoms with Gasteiger partial charge in [-0.25, -0.2) is 9.67 Å². The monoisotopic (exact) mass is 209 g/mol. The Labute approximate surface area is 93.4 Å². The minimum Gasteiger partial charge on any atom is -0.220 e. The lowest BCUT2D eigenvalue weighted by molar-refractivity contribution is 0.869. The zero-order valence-electron chi connectivity index (χ0n) is 8.96. The van der Waals surface area contributed by atoms with Gasteiger partial charge in [0.2, 0.25) is 0 Å². The number of nitrogens with zero attached hydrogens (tertiary/aromatic N) is 3. The molecule has 0 fully saturated rings. The average Bonchev–Trinajstić information content (AvgIpc) is 2.75. The molecule has 0 saturated carbocycles. The Morgan fingerprint density at radius 3 is 2.62 bits per heavy atom. The highest BCUT2D eigenvalue weighted by molar-refractivity contribution is 5.89. The van der Waals surface area contributed by atoms with Crippen LogP contribution >= 0.6 is 0 Å². The summed E-state index contributed by atoms with van der Waals surface area (Å²) in [6.07, 6.45) is 1.75. The number of hydrogen-bond acceptors (Lipinski definition) is 2. The molecule has 0 spiro atoms. The first-order chi connectivity index (χ1) is 7.84. The molecule has 0 saturated heterocycles. The maximum atomic E-state index is 4.34. The van der Waals surface area contributed by atoms with Crippen LogP contribution in [0, 0.1) is 6.92 Å². The van der Waals surface area contributed by atoms with Crippen molar-refractivity contribution < 1.29 is 0 Å². The molecule has 0 bridgehead atoms. The van der Waals surface area contributed by atoms with Crippen molar-refractivity contribution in [2.45, 2.75) is 6.92 Å². The second-order valence-electron chi connectivity index (χ2n) is 3.73. The third kappa shape index (κ3) is 1.37. The molecule has 0 atom stereocenters. The summed E-state index contributed by atoms with van der Waals surface area (Å²) in [6, 6.07) is 14.5. The van der Waals surface area contributed by atoms with Crippen LogP contribution in [0.4, 0.5) is 0 Å². The van der Waals surface area contributed by atoms with Gasteiger partial charge in [0.25, 0.3) is 0 Å². The first-order valence-corrected chi connectivity index (χ1v) is 5.21. The largest absolute Gasteiger partial charge is 0.220 e. The molecule has 16 heavy (non-hydrogen) atoms. The molecular formula is C13H11N3. The molecule has 3 heteroatoms. The Hall–Kier alpha value is -2.16. The Kier molecular flexibility index (Phi) is 1.96. The van der Waals surface area contributed by atoms with Crippen LogP contribution in [0.3, 0.4) is 0 Å². The van der Waals surface area contributed by atoms with Gasteiger partial charge in [0.1, 0.15) is 12.2 Å². The fourth-order valence-corrected chi connectivity index (χ4v) is 1.87. The first-order valence-electron chi connectivity index (χ1n) is 5.21. The smallest absolute Gasteiger partial charge is 0.147 e. The van der Waals surface area contributed by atoms with Gasteiger partial charge in [0.15, 0.2) is 0 Å². The van der Waals surface area contributed by atoms with Crippen molar-refractivity contribution in [2.75, 3.05) is 0 Å². The second kappa shape index (κ2) is 3.45. The van der Waals surface area contributed by atoms with Crippen molar-refractivity contribution in [3.05, 3.63) is 54.6 Å². The lowest BCUT2D eigenvalue weighted by Gasteiger charge is -2.05. The third-order valence-corrected chi connectivity index (χ3v) is 2.62. The van der Waals surface area contributed by atoms with Crippen LogP contribution in [0.5, 0.6) is 0 Å². The van der Waals surface area contributed by atoms with E-state index in [-0.39, 0.29) is 0 Å². The van der Waals surface area contributed by atoms with E-state index in [1.54, 1.807) is 6.33 Å². The van der Waals surface area contributed by atoms with Crippen molar-refractivity contribution >= 4 is 10.8 Å². The van der Waals surface area contributed by atoms with E-state index in [2.05, 4.69) is 34.3 Å². The number of aryl methyl sites for hydroxylation is 1. The van der Waals surface area contributed by atoms with Gasteiger partial charge in [0.05, 0.1) is 5.69 Å². The number of aromatic nitrogens is 3. The summed E-state index contributed by atoms with van der Waals surface area (Å²) in [5, 5.41) is 6.74. The molecule has 1 aromatic heterocycles. The predicted octanol–water partition coefficient (Wildman–Crippen LogP) is 2.73. The molecule has 0 unspecified atom stereocenters. The average molecular weight is 209 g/mol. The maximum absolute atomic E-state index is 4.34. The highest BCUT2D eigenvalue weighted by Crippen LogP contribution is 2.21. The number of hydrogen-bond donors (Lipinski definition) is 0. The quantitative estimate of drug-likeness (QED) is 0.617. The summed E-state index contributed by atoms with van der Waals surface area (Å²) in [5.74, 6) is 0.785. The number of rotatable bonds is 1. The summed E-state index contributed by atoms with van der Waals surface area (Å²) < 4.78 is 1.82. The van der Waals surface area contributed by atoms with Gasteiger partial charge in [-0.3, -0.25) is 0 Å². The maximum Gasteiger partial charge on any atom is 0.147 e. The highest BCUT2D eigenvalue weighted by Gasteiger charge is 2.03. The van der Waals surface area contributed by atoms with E-state index in [9.17, 15) is 0 Å². The highest BCUT2D eigenvalue weighted by atomic mass is 15.3. The van der Waals surface area contributed by atoms with E-state index in [0.717, 1.165) is 11.5 Å². The fourth-order valence-electron chi connectivity index (χ4n) is 1.87. The third-order valence-electron chi connectivity index (χ3n) is 2.62. The predicted molar refractivity (Wildman–Crippen MR) is 63.6 cm³/mol. The zero-order chi connectivity index (χ0) is 11.0.